The van der Waals surface area contributed by atoms with E-state index < -0.39 is 0 Å². The molecular formula is C19H28N2O4. The number of benzene rings is 1. The lowest BCUT2D eigenvalue weighted by molar-refractivity contribution is -0.135. The molecule has 0 unspecified atom stereocenters. The Bertz CT molecular complexity index is 583. The van der Waals surface area contributed by atoms with E-state index in [0.29, 0.717) is 63.9 Å². The molecule has 0 aliphatic carbocycles. The number of morpholine rings is 1. The number of amides is 1. The number of methoxy groups -OCH3 is 1. The molecule has 25 heavy (non-hydrogen) atoms. The third-order valence-corrected chi connectivity index (χ3v) is 3.91. The lowest BCUT2D eigenvalue weighted by Gasteiger charge is -2.26. The zero-order valence-corrected chi connectivity index (χ0v) is 15.2. The summed E-state index contributed by atoms with van der Waals surface area (Å²) in [5, 5.41) is 3.31. The summed E-state index contributed by atoms with van der Waals surface area (Å²) in [5.74, 6) is 1.58. The van der Waals surface area contributed by atoms with Gasteiger partial charge in [0.1, 0.15) is 6.61 Å². The molecule has 0 aromatic heterocycles. The van der Waals surface area contributed by atoms with Crippen LogP contribution in [0.4, 0.5) is 0 Å². The zero-order chi connectivity index (χ0) is 18.1. The second-order valence-corrected chi connectivity index (χ2v) is 6.15. The highest BCUT2D eigenvalue weighted by Crippen LogP contribution is 2.28. The van der Waals surface area contributed by atoms with Crippen LogP contribution < -0.4 is 14.8 Å². The summed E-state index contributed by atoms with van der Waals surface area (Å²) in [6, 6.07) is 5.84. The maximum atomic E-state index is 12.1. The van der Waals surface area contributed by atoms with Gasteiger partial charge in [-0.05, 0) is 30.2 Å². The maximum absolute atomic E-state index is 12.1. The van der Waals surface area contributed by atoms with Crippen molar-refractivity contribution in [3.05, 3.63) is 35.9 Å². The van der Waals surface area contributed by atoms with Crippen LogP contribution >= 0.6 is 0 Å². The molecule has 6 heteroatoms. The van der Waals surface area contributed by atoms with Gasteiger partial charge in [-0.15, -0.1) is 0 Å². The lowest BCUT2D eigenvalue weighted by Crippen LogP contribution is -2.41. The predicted molar refractivity (Wildman–Crippen MR) is 97.0 cm³/mol. The van der Waals surface area contributed by atoms with E-state index in [9.17, 15) is 4.79 Å². The summed E-state index contributed by atoms with van der Waals surface area (Å²) in [6.45, 7) is 10.2. The van der Waals surface area contributed by atoms with Crippen LogP contribution in [0.25, 0.3) is 0 Å². The standard InChI is InChI=1S/C19H28N2O4/c1-15(2)14-25-18-12-16(4-5-17(18)23-3)13-20-7-6-19(22)21-8-10-24-11-9-21/h4-5,12,20H,1,6-11,13-14H2,2-3H3. The van der Waals surface area contributed by atoms with E-state index in [1.165, 1.54) is 0 Å². The first kappa shape index (κ1) is 19.3. The van der Waals surface area contributed by atoms with Crippen LogP contribution in [0.3, 0.4) is 0 Å². The first-order chi connectivity index (χ1) is 12.1. The Morgan fingerprint density at radius 1 is 1.32 bits per heavy atom. The molecule has 1 heterocycles. The highest BCUT2D eigenvalue weighted by atomic mass is 16.5. The van der Waals surface area contributed by atoms with Gasteiger partial charge in [0.15, 0.2) is 11.5 Å². The van der Waals surface area contributed by atoms with E-state index in [1.54, 1.807) is 7.11 Å². The predicted octanol–water partition coefficient (Wildman–Crippen LogP) is 1.99. The van der Waals surface area contributed by atoms with Crippen molar-refractivity contribution in [3.8, 4) is 11.5 Å². The Morgan fingerprint density at radius 3 is 2.76 bits per heavy atom. The number of carbonyl (C=O) groups excluding carboxylic acids is 1. The summed E-state index contributed by atoms with van der Waals surface area (Å²) >= 11 is 0. The van der Waals surface area contributed by atoms with Crippen molar-refractivity contribution >= 4 is 5.91 Å². The smallest absolute Gasteiger partial charge is 0.224 e. The van der Waals surface area contributed by atoms with Gasteiger partial charge in [-0.1, -0.05) is 12.6 Å². The number of ether oxygens (including phenoxy) is 3. The first-order valence-corrected chi connectivity index (χ1v) is 8.60. The minimum Gasteiger partial charge on any atom is -0.493 e. The van der Waals surface area contributed by atoms with Gasteiger partial charge in [0.25, 0.3) is 0 Å². The molecule has 1 N–H and O–H groups in total. The van der Waals surface area contributed by atoms with Crippen molar-refractivity contribution in [2.24, 2.45) is 0 Å². The molecule has 1 aliphatic heterocycles. The molecule has 0 radical (unpaired) electrons. The molecule has 1 amide bonds. The van der Waals surface area contributed by atoms with Crippen LogP contribution in [0.15, 0.2) is 30.4 Å². The van der Waals surface area contributed by atoms with Crippen molar-refractivity contribution in [1.29, 1.82) is 0 Å². The van der Waals surface area contributed by atoms with Crippen molar-refractivity contribution < 1.29 is 19.0 Å². The molecule has 138 valence electrons. The first-order valence-electron chi connectivity index (χ1n) is 8.60. The van der Waals surface area contributed by atoms with Gasteiger partial charge < -0.3 is 24.4 Å². The van der Waals surface area contributed by atoms with E-state index in [-0.39, 0.29) is 5.91 Å². The number of carbonyl (C=O) groups is 1. The van der Waals surface area contributed by atoms with Gasteiger partial charge in [-0.2, -0.15) is 0 Å². The molecule has 1 aromatic carbocycles. The summed E-state index contributed by atoms with van der Waals surface area (Å²) in [7, 11) is 1.62. The molecule has 1 fully saturated rings. The molecule has 1 aliphatic rings. The van der Waals surface area contributed by atoms with Crippen LogP contribution in [0, 0.1) is 0 Å². The van der Waals surface area contributed by atoms with Crippen LogP contribution in [-0.2, 0) is 16.1 Å². The zero-order valence-electron chi connectivity index (χ0n) is 15.2. The summed E-state index contributed by atoms with van der Waals surface area (Å²) in [4.78, 5) is 13.9. The monoisotopic (exact) mass is 348 g/mol. The molecule has 6 nitrogen and oxygen atoms in total. The van der Waals surface area contributed by atoms with Crippen LogP contribution in [0.2, 0.25) is 0 Å². The van der Waals surface area contributed by atoms with Crippen LogP contribution in [0.5, 0.6) is 11.5 Å². The highest BCUT2D eigenvalue weighted by Gasteiger charge is 2.15. The number of hydrogen-bond acceptors (Lipinski definition) is 5. The number of rotatable bonds is 9. The van der Waals surface area contributed by atoms with E-state index in [4.69, 9.17) is 14.2 Å². The average molecular weight is 348 g/mol. The Hall–Kier alpha value is -2.05. The fraction of sp³-hybridized carbons (Fsp3) is 0.526. The molecule has 0 atom stereocenters. The Labute approximate surface area is 149 Å². The van der Waals surface area contributed by atoms with E-state index >= 15 is 0 Å². The normalized spacial score (nSPS) is 14.2. The minimum atomic E-state index is 0.177. The average Bonchev–Trinajstić information content (AvgIpc) is 2.64. The van der Waals surface area contributed by atoms with Gasteiger partial charge >= 0.3 is 0 Å². The van der Waals surface area contributed by atoms with Gasteiger partial charge in [-0.3, -0.25) is 4.79 Å². The third kappa shape index (κ3) is 6.40. The molecule has 2 rings (SSSR count). The van der Waals surface area contributed by atoms with Gasteiger partial charge in [0.2, 0.25) is 5.91 Å². The fourth-order valence-corrected chi connectivity index (χ4v) is 2.54. The van der Waals surface area contributed by atoms with Gasteiger partial charge in [-0.25, -0.2) is 0 Å². The molecule has 1 saturated heterocycles. The fourth-order valence-electron chi connectivity index (χ4n) is 2.54. The summed E-state index contributed by atoms with van der Waals surface area (Å²) in [6.07, 6.45) is 0.495. The topological polar surface area (TPSA) is 60.0 Å². The number of nitrogens with one attached hydrogen (secondary N) is 1. The van der Waals surface area contributed by atoms with Gasteiger partial charge in [0.05, 0.1) is 20.3 Å². The molecular weight excluding hydrogens is 320 g/mol. The minimum absolute atomic E-state index is 0.177. The second-order valence-electron chi connectivity index (χ2n) is 6.15. The van der Waals surface area contributed by atoms with E-state index in [0.717, 1.165) is 11.1 Å². The third-order valence-electron chi connectivity index (χ3n) is 3.91. The lowest BCUT2D eigenvalue weighted by atomic mass is 10.2. The number of hydrogen-bond donors (Lipinski definition) is 1. The quantitative estimate of drug-likeness (QED) is 0.546. The highest BCUT2D eigenvalue weighted by molar-refractivity contribution is 5.76. The SMILES string of the molecule is C=C(C)COc1cc(CNCCC(=O)N2CCOCC2)ccc1OC. The van der Waals surface area contributed by atoms with E-state index in [1.807, 2.05) is 30.0 Å². The molecule has 1 aromatic rings. The Morgan fingerprint density at radius 2 is 2.08 bits per heavy atom. The van der Waals surface area contributed by atoms with Crippen molar-refractivity contribution in [1.82, 2.24) is 10.2 Å². The van der Waals surface area contributed by atoms with E-state index in [2.05, 4.69) is 11.9 Å². The molecule has 0 bridgehead atoms. The van der Waals surface area contributed by atoms with Crippen LogP contribution in [0.1, 0.15) is 18.9 Å². The maximum Gasteiger partial charge on any atom is 0.224 e. The summed E-state index contributed by atoms with van der Waals surface area (Å²) < 4.78 is 16.3. The molecule has 0 spiro atoms. The Balaban J connectivity index is 1.78. The van der Waals surface area contributed by atoms with Crippen molar-refractivity contribution in [3.63, 3.8) is 0 Å². The second kappa shape index (κ2) is 10.1. The molecule has 0 saturated carbocycles. The summed E-state index contributed by atoms with van der Waals surface area (Å²) in [5.41, 5.74) is 2.03. The van der Waals surface area contributed by atoms with Gasteiger partial charge in [0, 0.05) is 32.6 Å². The number of nitrogens with zero attached hydrogens (tertiary/aromatic N) is 1. The van der Waals surface area contributed by atoms with Crippen molar-refractivity contribution in [2.75, 3.05) is 46.6 Å². The Kier molecular flexibility index (Phi) is 7.76. The van der Waals surface area contributed by atoms with Crippen LogP contribution in [-0.4, -0.2) is 57.4 Å². The van der Waals surface area contributed by atoms with Crippen molar-refractivity contribution in [2.45, 2.75) is 19.9 Å². The largest absolute Gasteiger partial charge is 0.493 e.